The van der Waals surface area contributed by atoms with Crippen LogP contribution in [0.2, 0.25) is 0 Å². The fraction of sp³-hybridized carbons (Fsp3) is 0.500. The molecule has 0 bridgehead atoms. The summed E-state index contributed by atoms with van der Waals surface area (Å²) in [5.41, 5.74) is 2.64. The molecule has 1 fully saturated rings. The molecule has 0 radical (unpaired) electrons. The molecule has 2 aliphatic rings. The first-order valence-electron chi connectivity index (χ1n) is 6.40. The van der Waals surface area contributed by atoms with Crippen LogP contribution in [0.4, 0.5) is 0 Å². The van der Waals surface area contributed by atoms with Gasteiger partial charge in [-0.25, -0.2) is 4.98 Å². The molecule has 0 unspecified atom stereocenters. The van der Waals surface area contributed by atoms with Crippen molar-refractivity contribution in [2.45, 2.75) is 12.8 Å². The molecule has 1 aromatic heterocycles. The number of piperidine rings is 1. The molecular weight excluding hydrogens is 292 g/mol. The highest BCUT2D eigenvalue weighted by atomic mass is 79.9. The van der Waals surface area contributed by atoms with Gasteiger partial charge in [0.15, 0.2) is 5.75 Å². The Balaban J connectivity index is 1.91. The lowest BCUT2D eigenvalue weighted by Crippen LogP contribution is -2.34. The highest BCUT2D eigenvalue weighted by Gasteiger charge is 2.32. The van der Waals surface area contributed by atoms with Gasteiger partial charge in [0.25, 0.3) is 0 Å². The fourth-order valence-corrected chi connectivity index (χ4v) is 3.43. The molecule has 1 aliphatic carbocycles. The SMILES string of the molecule is COc1cc(C2=CC[C@H]3CCNC[C@@H]23)cnc1Br. The Labute approximate surface area is 116 Å². The number of nitrogens with one attached hydrogen (secondary N) is 1. The highest BCUT2D eigenvalue weighted by Crippen LogP contribution is 2.41. The Morgan fingerprint density at radius 3 is 3.22 bits per heavy atom. The first-order chi connectivity index (χ1) is 8.79. The van der Waals surface area contributed by atoms with E-state index in [1.165, 1.54) is 24.0 Å². The number of methoxy groups -OCH3 is 1. The van der Waals surface area contributed by atoms with Crippen molar-refractivity contribution in [3.05, 3.63) is 28.5 Å². The van der Waals surface area contributed by atoms with E-state index in [0.717, 1.165) is 29.4 Å². The Morgan fingerprint density at radius 2 is 2.39 bits per heavy atom. The number of nitrogens with zero attached hydrogens (tertiary/aromatic N) is 1. The van der Waals surface area contributed by atoms with Crippen LogP contribution in [-0.2, 0) is 0 Å². The summed E-state index contributed by atoms with van der Waals surface area (Å²) in [6.07, 6.45) is 6.81. The van der Waals surface area contributed by atoms with E-state index in [4.69, 9.17) is 4.74 Å². The van der Waals surface area contributed by atoms with E-state index in [1.807, 2.05) is 6.20 Å². The largest absolute Gasteiger partial charge is 0.494 e. The van der Waals surface area contributed by atoms with E-state index in [-0.39, 0.29) is 0 Å². The summed E-state index contributed by atoms with van der Waals surface area (Å²) in [4.78, 5) is 4.36. The number of hydrogen-bond donors (Lipinski definition) is 1. The van der Waals surface area contributed by atoms with Gasteiger partial charge in [-0.05, 0) is 64.4 Å². The van der Waals surface area contributed by atoms with E-state index in [0.29, 0.717) is 5.92 Å². The molecule has 3 nitrogen and oxygen atoms in total. The van der Waals surface area contributed by atoms with Crippen LogP contribution in [0.3, 0.4) is 0 Å². The molecular formula is C14H17BrN2O. The van der Waals surface area contributed by atoms with Crippen LogP contribution in [0.15, 0.2) is 22.9 Å². The van der Waals surface area contributed by atoms with Crippen LogP contribution in [-0.4, -0.2) is 25.2 Å². The Hall–Kier alpha value is -0.870. The lowest BCUT2D eigenvalue weighted by atomic mass is 9.84. The van der Waals surface area contributed by atoms with Crippen LogP contribution < -0.4 is 10.1 Å². The van der Waals surface area contributed by atoms with Crippen LogP contribution in [0.25, 0.3) is 5.57 Å². The molecule has 0 amide bonds. The van der Waals surface area contributed by atoms with Crippen molar-refractivity contribution in [1.29, 1.82) is 0 Å². The summed E-state index contributed by atoms with van der Waals surface area (Å²) in [6, 6.07) is 2.08. The number of halogens is 1. The van der Waals surface area contributed by atoms with Gasteiger partial charge in [0, 0.05) is 12.7 Å². The number of ether oxygens (including phenoxy) is 1. The smallest absolute Gasteiger partial charge is 0.152 e. The molecule has 0 saturated carbocycles. The minimum Gasteiger partial charge on any atom is -0.494 e. The fourth-order valence-electron chi connectivity index (χ4n) is 3.05. The summed E-state index contributed by atoms with van der Waals surface area (Å²) in [6.45, 7) is 2.25. The zero-order valence-corrected chi connectivity index (χ0v) is 12.0. The third-order valence-electron chi connectivity index (χ3n) is 4.03. The van der Waals surface area contributed by atoms with E-state index >= 15 is 0 Å². The third-order valence-corrected chi connectivity index (χ3v) is 4.62. The third kappa shape index (κ3) is 2.08. The van der Waals surface area contributed by atoms with Gasteiger partial charge in [0.05, 0.1) is 7.11 Å². The van der Waals surface area contributed by atoms with Gasteiger partial charge in [0.1, 0.15) is 4.60 Å². The molecule has 1 aliphatic heterocycles. The lowest BCUT2D eigenvalue weighted by Gasteiger charge is -2.28. The van der Waals surface area contributed by atoms with E-state index in [1.54, 1.807) is 7.11 Å². The number of fused-ring (bicyclic) bond motifs is 1. The predicted molar refractivity (Wildman–Crippen MR) is 75.5 cm³/mol. The predicted octanol–water partition coefficient (Wildman–Crippen LogP) is 2.87. The topological polar surface area (TPSA) is 34.1 Å². The molecule has 0 aromatic carbocycles. The zero-order valence-electron chi connectivity index (χ0n) is 10.4. The van der Waals surface area contributed by atoms with Gasteiger partial charge >= 0.3 is 0 Å². The van der Waals surface area contributed by atoms with E-state index in [9.17, 15) is 0 Å². The van der Waals surface area contributed by atoms with Gasteiger partial charge in [0.2, 0.25) is 0 Å². The van der Waals surface area contributed by atoms with Gasteiger partial charge in [-0.3, -0.25) is 0 Å². The van der Waals surface area contributed by atoms with Gasteiger partial charge in [-0.2, -0.15) is 0 Å². The van der Waals surface area contributed by atoms with Crippen LogP contribution in [0.5, 0.6) is 5.75 Å². The summed E-state index contributed by atoms with van der Waals surface area (Å²) < 4.78 is 6.10. The first kappa shape index (κ1) is 12.2. The lowest BCUT2D eigenvalue weighted by molar-refractivity contribution is 0.328. The average Bonchev–Trinajstić information content (AvgIpc) is 2.83. The average molecular weight is 309 g/mol. The monoisotopic (exact) mass is 308 g/mol. The summed E-state index contributed by atoms with van der Waals surface area (Å²) in [5.74, 6) is 2.27. The second-order valence-electron chi connectivity index (χ2n) is 4.97. The second-order valence-corrected chi connectivity index (χ2v) is 5.72. The number of aromatic nitrogens is 1. The molecule has 1 aromatic rings. The number of allylic oxidation sites excluding steroid dienone is 1. The van der Waals surface area contributed by atoms with Gasteiger partial charge < -0.3 is 10.1 Å². The normalized spacial score (nSPS) is 26.7. The van der Waals surface area contributed by atoms with E-state index in [2.05, 4.69) is 38.4 Å². The van der Waals surface area contributed by atoms with Crippen molar-refractivity contribution in [3.63, 3.8) is 0 Å². The summed E-state index contributed by atoms with van der Waals surface area (Å²) in [5, 5.41) is 3.49. The van der Waals surface area contributed by atoms with E-state index < -0.39 is 0 Å². The maximum Gasteiger partial charge on any atom is 0.152 e. The molecule has 0 spiro atoms. The van der Waals surface area contributed by atoms with Gasteiger partial charge in [-0.1, -0.05) is 6.08 Å². The highest BCUT2D eigenvalue weighted by molar-refractivity contribution is 9.10. The Bertz CT molecular complexity index is 487. The molecule has 1 N–H and O–H groups in total. The molecule has 18 heavy (non-hydrogen) atoms. The maximum absolute atomic E-state index is 5.33. The van der Waals surface area contributed by atoms with Crippen molar-refractivity contribution in [2.75, 3.05) is 20.2 Å². The number of pyridine rings is 1. The molecule has 3 rings (SSSR count). The molecule has 96 valence electrons. The minimum atomic E-state index is 0.645. The quantitative estimate of drug-likeness (QED) is 0.853. The zero-order chi connectivity index (χ0) is 12.5. The van der Waals surface area contributed by atoms with Crippen molar-refractivity contribution >= 4 is 21.5 Å². The summed E-state index contributed by atoms with van der Waals surface area (Å²) >= 11 is 3.40. The van der Waals surface area contributed by atoms with Crippen molar-refractivity contribution in [1.82, 2.24) is 10.3 Å². The molecule has 1 saturated heterocycles. The number of hydrogen-bond acceptors (Lipinski definition) is 3. The Kier molecular flexibility index (Phi) is 3.39. The number of rotatable bonds is 2. The van der Waals surface area contributed by atoms with Crippen LogP contribution in [0.1, 0.15) is 18.4 Å². The molecule has 2 atom stereocenters. The molecule has 4 heteroatoms. The van der Waals surface area contributed by atoms with Crippen molar-refractivity contribution in [3.8, 4) is 5.75 Å². The second kappa shape index (κ2) is 5.02. The Morgan fingerprint density at radius 1 is 1.50 bits per heavy atom. The van der Waals surface area contributed by atoms with Gasteiger partial charge in [-0.15, -0.1) is 0 Å². The molecule has 2 heterocycles. The van der Waals surface area contributed by atoms with Crippen molar-refractivity contribution in [2.24, 2.45) is 11.8 Å². The minimum absolute atomic E-state index is 0.645. The van der Waals surface area contributed by atoms with Crippen LogP contribution in [0, 0.1) is 11.8 Å². The van der Waals surface area contributed by atoms with Crippen LogP contribution >= 0.6 is 15.9 Å². The maximum atomic E-state index is 5.33. The standard InChI is InChI=1S/C14H17BrN2O/c1-18-13-6-10(7-17-14(13)15)11-3-2-9-4-5-16-8-12(9)11/h3,6-7,9,12,16H,2,4-5,8H2,1H3/t9-,12+/m0/s1. The summed E-state index contributed by atoms with van der Waals surface area (Å²) in [7, 11) is 1.68. The first-order valence-corrected chi connectivity index (χ1v) is 7.19. The van der Waals surface area contributed by atoms with Crippen molar-refractivity contribution < 1.29 is 4.74 Å².